The molecule has 1 aliphatic heterocycles. The van der Waals surface area contributed by atoms with Gasteiger partial charge in [-0.3, -0.25) is 4.79 Å². The normalized spacial score (nSPS) is 18.6. The van der Waals surface area contributed by atoms with Crippen LogP contribution >= 0.6 is 0 Å². The van der Waals surface area contributed by atoms with Gasteiger partial charge in [0.2, 0.25) is 15.9 Å². The third-order valence-corrected chi connectivity index (χ3v) is 5.76. The fourth-order valence-electron chi connectivity index (χ4n) is 2.91. The molecule has 7 heteroatoms. The summed E-state index contributed by atoms with van der Waals surface area (Å²) in [6, 6.07) is 9.32. The number of carbonyl (C=O) groups excluding carboxylic acids is 1. The summed E-state index contributed by atoms with van der Waals surface area (Å²) in [4.78, 5) is 14.1. The lowest BCUT2D eigenvalue weighted by Gasteiger charge is -2.36. The Morgan fingerprint density at radius 3 is 2.39 bits per heavy atom. The smallest absolute Gasteiger partial charge is 0.224 e. The van der Waals surface area contributed by atoms with Gasteiger partial charge in [0.25, 0.3) is 0 Å². The molecule has 1 aliphatic rings. The second-order valence-electron chi connectivity index (χ2n) is 6.12. The number of benzene rings is 1. The van der Waals surface area contributed by atoms with Gasteiger partial charge in [-0.15, -0.1) is 0 Å². The van der Waals surface area contributed by atoms with Gasteiger partial charge in [0.1, 0.15) is 0 Å². The predicted octanol–water partition coefficient (Wildman–Crippen LogP) is 0.959. The van der Waals surface area contributed by atoms with E-state index in [4.69, 9.17) is 5.73 Å². The first-order valence-electron chi connectivity index (χ1n) is 7.80. The molecule has 0 aromatic heterocycles. The molecule has 1 unspecified atom stereocenters. The van der Waals surface area contributed by atoms with Crippen LogP contribution in [0.4, 0.5) is 0 Å². The van der Waals surface area contributed by atoms with Crippen molar-refractivity contribution in [3.05, 3.63) is 35.9 Å². The van der Waals surface area contributed by atoms with Crippen LogP contribution in [0, 0.1) is 0 Å². The maximum Gasteiger partial charge on any atom is 0.224 e. The zero-order valence-electron chi connectivity index (χ0n) is 13.7. The first kappa shape index (κ1) is 17.9. The molecule has 2 rings (SSSR count). The van der Waals surface area contributed by atoms with Crippen LogP contribution in [0.15, 0.2) is 30.3 Å². The van der Waals surface area contributed by atoms with E-state index in [2.05, 4.69) is 0 Å². The summed E-state index contributed by atoms with van der Waals surface area (Å²) in [5.74, 6) is -0.000779. The summed E-state index contributed by atoms with van der Waals surface area (Å²) < 4.78 is 24.5. The molecule has 0 aliphatic carbocycles. The summed E-state index contributed by atoms with van der Waals surface area (Å²) >= 11 is 0. The van der Waals surface area contributed by atoms with Crippen molar-refractivity contribution in [3.63, 3.8) is 0 Å². The topological polar surface area (TPSA) is 83.7 Å². The second kappa shape index (κ2) is 7.42. The van der Waals surface area contributed by atoms with E-state index in [0.717, 1.165) is 5.56 Å². The number of hydrogen-bond acceptors (Lipinski definition) is 4. The van der Waals surface area contributed by atoms with E-state index in [1.54, 1.807) is 11.9 Å². The van der Waals surface area contributed by atoms with E-state index >= 15 is 0 Å². The van der Waals surface area contributed by atoms with Gasteiger partial charge in [-0.2, -0.15) is 0 Å². The van der Waals surface area contributed by atoms with Gasteiger partial charge in [-0.25, -0.2) is 12.7 Å². The zero-order chi connectivity index (χ0) is 17.0. The fraction of sp³-hybridized carbons (Fsp3) is 0.562. The van der Waals surface area contributed by atoms with Gasteiger partial charge in [-0.05, 0) is 18.4 Å². The number of nitrogens with two attached hydrogens (primary N) is 1. The number of rotatable bonds is 5. The molecule has 1 heterocycles. The van der Waals surface area contributed by atoms with E-state index in [-0.39, 0.29) is 24.4 Å². The molecular weight excluding hydrogens is 314 g/mol. The molecule has 0 spiro atoms. The summed E-state index contributed by atoms with van der Waals surface area (Å²) in [5.41, 5.74) is 7.05. The van der Waals surface area contributed by atoms with Crippen LogP contribution in [0.2, 0.25) is 0 Å². The molecule has 2 N–H and O–H groups in total. The van der Waals surface area contributed by atoms with Crippen molar-refractivity contribution in [1.29, 1.82) is 0 Å². The van der Waals surface area contributed by atoms with Crippen LogP contribution in [-0.4, -0.2) is 56.0 Å². The summed E-state index contributed by atoms with van der Waals surface area (Å²) in [6.45, 7) is 0.928. The zero-order valence-corrected chi connectivity index (χ0v) is 14.5. The van der Waals surface area contributed by atoms with Crippen molar-refractivity contribution >= 4 is 15.9 Å². The molecule has 1 saturated heterocycles. The number of amides is 1. The van der Waals surface area contributed by atoms with Gasteiger partial charge in [0, 0.05) is 38.6 Å². The quantitative estimate of drug-likeness (QED) is 0.866. The maximum absolute atomic E-state index is 12.4. The van der Waals surface area contributed by atoms with E-state index < -0.39 is 10.0 Å². The van der Waals surface area contributed by atoms with Crippen molar-refractivity contribution in [1.82, 2.24) is 9.21 Å². The third-order valence-electron chi connectivity index (χ3n) is 4.46. The van der Waals surface area contributed by atoms with Crippen LogP contribution in [0.3, 0.4) is 0 Å². The Morgan fingerprint density at radius 1 is 1.30 bits per heavy atom. The first-order chi connectivity index (χ1) is 10.8. The molecule has 1 atom stereocenters. The number of sulfonamides is 1. The highest BCUT2D eigenvalue weighted by Crippen LogP contribution is 2.20. The standard InChI is InChI=1S/C16H25N3O3S/c1-18(14-8-10-19(11-9-14)23(2,21)22)16(20)12-15(17)13-6-4-3-5-7-13/h3-7,14-15H,8-12,17H2,1-2H3. The summed E-state index contributed by atoms with van der Waals surface area (Å²) in [5, 5.41) is 0. The van der Waals surface area contributed by atoms with Crippen molar-refractivity contribution in [2.24, 2.45) is 5.73 Å². The van der Waals surface area contributed by atoms with Gasteiger partial charge in [0.15, 0.2) is 0 Å². The predicted molar refractivity (Wildman–Crippen MR) is 90.2 cm³/mol. The van der Waals surface area contributed by atoms with Crippen LogP contribution in [0.25, 0.3) is 0 Å². The Hall–Kier alpha value is -1.44. The highest BCUT2D eigenvalue weighted by Gasteiger charge is 2.29. The van der Waals surface area contributed by atoms with E-state index in [1.807, 2.05) is 30.3 Å². The Bertz CT molecular complexity index is 625. The second-order valence-corrected chi connectivity index (χ2v) is 8.10. The lowest BCUT2D eigenvalue weighted by Crippen LogP contribution is -2.47. The van der Waals surface area contributed by atoms with Crippen molar-refractivity contribution < 1.29 is 13.2 Å². The average Bonchev–Trinajstić information content (AvgIpc) is 2.54. The van der Waals surface area contributed by atoms with Gasteiger partial charge < -0.3 is 10.6 Å². The van der Waals surface area contributed by atoms with Crippen LogP contribution in [0.5, 0.6) is 0 Å². The highest BCUT2D eigenvalue weighted by atomic mass is 32.2. The SMILES string of the molecule is CN(C(=O)CC(N)c1ccccc1)C1CCN(S(C)(=O)=O)CC1. The van der Waals surface area contributed by atoms with Gasteiger partial charge in [0.05, 0.1) is 6.26 Å². The Morgan fingerprint density at radius 2 is 1.87 bits per heavy atom. The lowest BCUT2D eigenvalue weighted by atomic mass is 10.0. The molecule has 0 bridgehead atoms. The number of carbonyl (C=O) groups is 1. The van der Waals surface area contributed by atoms with Gasteiger partial charge in [-0.1, -0.05) is 30.3 Å². The molecule has 1 amide bonds. The van der Waals surface area contributed by atoms with Crippen LogP contribution in [-0.2, 0) is 14.8 Å². The summed E-state index contributed by atoms with van der Waals surface area (Å²) in [7, 11) is -1.36. The Kier molecular flexibility index (Phi) is 5.78. The number of piperidine rings is 1. The Labute approximate surface area is 138 Å². The molecule has 23 heavy (non-hydrogen) atoms. The molecule has 1 aromatic carbocycles. The minimum Gasteiger partial charge on any atom is -0.343 e. The van der Waals surface area contributed by atoms with Crippen molar-refractivity contribution in [3.8, 4) is 0 Å². The number of hydrogen-bond donors (Lipinski definition) is 1. The molecular formula is C16H25N3O3S. The monoisotopic (exact) mass is 339 g/mol. The van der Waals surface area contributed by atoms with Crippen LogP contribution in [0.1, 0.15) is 30.9 Å². The minimum atomic E-state index is -3.14. The molecule has 128 valence electrons. The van der Waals surface area contributed by atoms with Crippen molar-refractivity contribution in [2.75, 3.05) is 26.4 Å². The molecule has 0 radical (unpaired) electrons. The van der Waals surface area contributed by atoms with E-state index in [1.165, 1.54) is 10.6 Å². The van der Waals surface area contributed by atoms with Gasteiger partial charge >= 0.3 is 0 Å². The fourth-order valence-corrected chi connectivity index (χ4v) is 3.79. The molecule has 1 fully saturated rings. The minimum absolute atomic E-state index is 0.000779. The molecule has 6 nitrogen and oxygen atoms in total. The van der Waals surface area contributed by atoms with Crippen molar-refractivity contribution in [2.45, 2.75) is 31.3 Å². The van der Waals surface area contributed by atoms with E-state index in [9.17, 15) is 13.2 Å². The lowest BCUT2D eigenvalue weighted by molar-refractivity contribution is -0.133. The molecule has 0 saturated carbocycles. The van der Waals surface area contributed by atoms with E-state index in [0.29, 0.717) is 25.9 Å². The first-order valence-corrected chi connectivity index (χ1v) is 9.65. The average molecular weight is 339 g/mol. The third kappa shape index (κ3) is 4.76. The van der Waals surface area contributed by atoms with Crippen LogP contribution < -0.4 is 5.73 Å². The Balaban J connectivity index is 1.88. The number of nitrogens with zero attached hydrogens (tertiary/aromatic N) is 2. The highest BCUT2D eigenvalue weighted by molar-refractivity contribution is 7.88. The molecule has 1 aromatic rings. The maximum atomic E-state index is 12.4. The largest absolute Gasteiger partial charge is 0.343 e. The summed E-state index contributed by atoms with van der Waals surface area (Å²) in [6.07, 6.45) is 2.81.